The van der Waals surface area contributed by atoms with Crippen LogP contribution in [0.2, 0.25) is 0 Å². The van der Waals surface area contributed by atoms with Crippen molar-refractivity contribution < 1.29 is 35.1 Å². The first-order valence-electron chi connectivity index (χ1n) is 3.52. The van der Waals surface area contributed by atoms with Crippen LogP contribution in [0.15, 0.2) is 0 Å². The zero-order chi connectivity index (χ0) is 10.2. The summed E-state index contributed by atoms with van der Waals surface area (Å²) in [5.41, 5.74) is 0. The van der Waals surface area contributed by atoms with Crippen molar-refractivity contribution in [3.8, 4) is 0 Å². The van der Waals surface area contributed by atoms with Gasteiger partial charge in [0.25, 0.3) is 5.79 Å². The molecule has 5 N–H and O–H groups in total. The summed E-state index contributed by atoms with van der Waals surface area (Å²) < 4.78 is 4.38. The van der Waals surface area contributed by atoms with Gasteiger partial charge in [0.15, 0.2) is 0 Å². The van der Waals surface area contributed by atoms with Gasteiger partial charge >= 0.3 is 0 Å². The average molecular weight is 194 g/mol. The maximum absolute atomic E-state index is 10.8. The molecule has 1 rings (SSSR count). The monoisotopic (exact) mass is 194 g/mol. The molecule has 7 heteroatoms. The Bertz CT molecular complexity index is 213. The lowest BCUT2D eigenvalue weighted by Crippen LogP contribution is -2.64. The minimum Gasteiger partial charge on any atom is -0.394 e. The van der Waals surface area contributed by atoms with Crippen molar-refractivity contribution in [3.63, 3.8) is 0 Å². The Kier molecular flexibility index (Phi) is 2.66. The summed E-state index contributed by atoms with van der Waals surface area (Å²) in [5.74, 6) is -4.53. The predicted molar refractivity (Wildman–Crippen MR) is 36.1 cm³/mol. The Balaban J connectivity index is 2.88. The molecule has 0 amide bonds. The summed E-state index contributed by atoms with van der Waals surface area (Å²) in [7, 11) is 0. The zero-order valence-corrected chi connectivity index (χ0v) is 6.49. The van der Waals surface area contributed by atoms with Crippen LogP contribution in [0.4, 0.5) is 0 Å². The minimum atomic E-state index is -3.08. The lowest BCUT2D eigenvalue weighted by atomic mass is 9.97. The third-order valence-electron chi connectivity index (χ3n) is 1.84. The topological polar surface area (TPSA) is 127 Å². The van der Waals surface area contributed by atoms with E-state index in [4.69, 9.17) is 25.5 Å². The lowest BCUT2D eigenvalue weighted by molar-refractivity contribution is -0.299. The summed E-state index contributed by atoms with van der Waals surface area (Å²) >= 11 is 0. The highest BCUT2D eigenvalue weighted by Crippen LogP contribution is 2.22. The maximum atomic E-state index is 10.8. The van der Waals surface area contributed by atoms with Gasteiger partial charge in [-0.1, -0.05) is 0 Å². The molecule has 0 spiro atoms. The maximum Gasteiger partial charge on any atom is 0.259 e. The van der Waals surface area contributed by atoms with Crippen molar-refractivity contribution in [3.05, 3.63) is 0 Å². The molecule has 1 aliphatic heterocycles. The molecular weight excluding hydrogens is 184 g/mol. The molecule has 1 heterocycles. The number of ether oxygens (including phenoxy) is 1. The van der Waals surface area contributed by atoms with E-state index in [-0.39, 0.29) is 0 Å². The molecule has 3 unspecified atom stereocenters. The van der Waals surface area contributed by atoms with E-state index in [1.165, 1.54) is 0 Å². The lowest BCUT2D eigenvalue weighted by Gasteiger charge is -2.37. The normalized spacial score (nSPS) is 39.2. The van der Waals surface area contributed by atoms with Crippen LogP contribution in [-0.2, 0) is 9.53 Å². The highest BCUT2D eigenvalue weighted by molar-refractivity contribution is 5.89. The van der Waals surface area contributed by atoms with Crippen molar-refractivity contribution in [2.45, 2.75) is 24.3 Å². The van der Waals surface area contributed by atoms with Gasteiger partial charge in [-0.05, 0) is 0 Å². The van der Waals surface area contributed by atoms with Gasteiger partial charge in [-0.25, -0.2) is 0 Å². The SMILES string of the molecule is O=C1C(O)OC(CO)C(O)C1(O)O. The zero-order valence-electron chi connectivity index (χ0n) is 6.49. The molecule has 0 aromatic heterocycles. The van der Waals surface area contributed by atoms with Crippen LogP contribution in [-0.4, -0.2) is 62.2 Å². The summed E-state index contributed by atoms with van der Waals surface area (Å²) in [6.45, 7) is -0.742. The van der Waals surface area contributed by atoms with Gasteiger partial charge in [0.1, 0.15) is 12.2 Å². The minimum absolute atomic E-state index is 0.742. The third kappa shape index (κ3) is 1.57. The molecule has 1 saturated heterocycles. The number of rotatable bonds is 1. The molecule has 0 aromatic carbocycles. The number of ketones is 1. The third-order valence-corrected chi connectivity index (χ3v) is 1.84. The molecule has 13 heavy (non-hydrogen) atoms. The molecular formula is C6H10O7. The standard InChI is InChI=1S/C6H10O7/c7-1-2-3(8)6(11,12)4(9)5(10)13-2/h2-3,5,7-8,10-12H,1H2. The van der Waals surface area contributed by atoms with Crippen LogP contribution in [0.3, 0.4) is 0 Å². The van der Waals surface area contributed by atoms with Crippen LogP contribution in [0.25, 0.3) is 0 Å². The molecule has 0 aromatic rings. The van der Waals surface area contributed by atoms with Gasteiger partial charge in [0.05, 0.1) is 6.61 Å². The number of aliphatic hydroxyl groups excluding tert-OH is 3. The van der Waals surface area contributed by atoms with E-state index in [2.05, 4.69) is 4.74 Å². The Morgan fingerprint density at radius 3 is 2.38 bits per heavy atom. The Morgan fingerprint density at radius 1 is 1.38 bits per heavy atom. The Hall–Kier alpha value is -0.570. The summed E-state index contributed by atoms with van der Waals surface area (Å²) in [5, 5.41) is 44.4. The largest absolute Gasteiger partial charge is 0.394 e. The van der Waals surface area contributed by atoms with Crippen molar-refractivity contribution in [2.75, 3.05) is 6.61 Å². The summed E-state index contributed by atoms with van der Waals surface area (Å²) in [4.78, 5) is 10.8. The fraction of sp³-hybridized carbons (Fsp3) is 0.833. The highest BCUT2D eigenvalue weighted by atomic mass is 16.6. The highest BCUT2D eigenvalue weighted by Gasteiger charge is 2.53. The predicted octanol–water partition coefficient (Wildman–Crippen LogP) is -3.69. The van der Waals surface area contributed by atoms with E-state index >= 15 is 0 Å². The number of hydrogen-bond acceptors (Lipinski definition) is 7. The van der Waals surface area contributed by atoms with Crippen molar-refractivity contribution in [1.82, 2.24) is 0 Å². The smallest absolute Gasteiger partial charge is 0.259 e. The molecule has 76 valence electrons. The van der Waals surface area contributed by atoms with E-state index in [9.17, 15) is 4.79 Å². The second-order valence-corrected chi connectivity index (χ2v) is 2.74. The van der Waals surface area contributed by atoms with E-state index in [1.807, 2.05) is 0 Å². The molecule has 0 aliphatic carbocycles. The molecule has 0 radical (unpaired) electrons. The van der Waals surface area contributed by atoms with Gasteiger partial charge < -0.3 is 30.3 Å². The van der Waals surface area contributed by atoms with E-state index in [0.29, 0.717) is 0 Å². The fourth-order valence-electron chi connectivity index (χ4n) is 1.03. The molecule has 0 saturated carbocycles. The van der Waals surface area contributed by atoms with Gasteiger partial charge in [0, 0.05) is 0 Å². The van der Waals surface area contributed by atoms with E-state index in [1.54, 1.807) is 0 Å². The Morgan fingerprint density at radius 2 is 1.92 bits per heavy atom. The number of aliphatic hydroxyl groups is 5. The van der Waals surface area contributed by atoms with Crippen LogP contribution in [0.1, 0.15) is 0 Å². The van der Waals surface area contributed by atoms with Gasteiger partial charge in [-0.2, -0.15) is 0 Å². The average Bonchev–Trinajstić information content (AvgIpc) is 2.09. The molecule has 1 aliphatic rings. The van der Waals surface area contributed by atoms with Gasteiger partial charge in [0.2, 0.25) is 12.1 Å². The molecule has 3 atom stereocenters. The second-order valence-electron chi connectivity index (χ2n) is 2.74. The van der Waals surface area contributed by atoms with E-state index in [0.717, 1.165) is 0 Å². The fourth-order valence-corrected chi connectivity index (χ4v) is 1.03. The first-order valence-corrected chi connectivity index (χ1v) is 3.52. The number of hydrogen-bond donors (Lipinski definition) is 5. The summed E-state index contributed by atoms with van der Waals surface area (Å²) in [6, 6.07) is 0. The summed E-state index contributed by atoms with van der Waals surface area (Å²) in [6.07, 6.45) is -5.42. The number of carbonyl (C=O) groups is 1. The number of Topliss-reactive ketones (excluding diaryl/α,β-unsaturated/α-hetero) is 1. The molecule has 0 bridgehead atoms. The quantitative estimate of drug-likeness (QED) is 0.272. The first-order chi connectivity index (χ1) is 5.91. The molecule has 1 fully saturated rings. The first kappa shape index (κ1) is 10.5. The van der Waals surface area contributed by atoms with Gasteiger partial charge in [-0.15, -0.1) is 0 Å². The van der Waals surface area contributed by atoms with Crippen molar-refractivity contribution in [2.24, 2.45) is 0 Å². The number of carbonyl (C=O) groups excluding carboxylic acids is 1. The van der Waals surface area contributed by atoms with Crippen LogP contribution >= 0.6 is 0 Å². The van der Waals surface area contributed by atoms with Crippen LogP contribution in [0.5, 0.6) is 0 Å². The van der Waals surface area contributed by atoms with Gasteiger partial charge in [-0.3, -0.25) is 4.79 Å². The van der Waals surface area contributed by atoms with Crippen LogP contribution in [0, 0.1) is 0 Å². The van der Waals surface area contributed by atoms with Crippen molar-refractivity contribution >= 4 is 5.78 Å². The van der Waals surface area contributed by atoms with Crippen molar-refractivity contribution in [1.29, 1.82) is 0 Å². The van der Waals surface area contributed by atoms with Crippen LogP contribution < -0.4 is 0 Å². The van der Waals surface area contributed by atoms with E-state index < -0.39 is 36.7 Å². The molecule has 7 nitrogen and oxygen atoms in total. The second kappa shape index (κ2) is 3.29. The Labute approximate surface area is 72.8 Å².